The summed E-state index contributed by atoms with van der Waals surface area (Å²) >= 11 is 0. The van der Waals surface area contributed by atoms with Crippen molar-refractivity contribution in [3.8, 4) is 11.5 Å². The van der Waals surface area contributed by atoms with Crippen molar-refractivity contribution in [1.29, 1.82) is 0 Å². The molecule has 1 aromatic heterocycles. The van der Waals surface area contributed by atoms with Gasteiger partial charge in [0, 0.05) is 11.6 Å². The zero-order chi connectivity index (χ0) is 23.0. The Morgan fingerprint density at radius 3 is 2.18 bits per heavy atom. The number of hydrogen-bond donors (Lipinski definition) is 1. The number of nitrogens with zero attached hydrogens (tertiary/aromatic N) is 1. The highest BCUT2D eigenvalue weighted by molar-refractivity contribution is 5.91. The van der Waals surface area contributed by atoms with E-state index in [9.17, 15) is 4.79 Å². The van der Waals surface area contributed by atoms with Gasteiger partial charge in [-0.05, 0) is 35.2 Å². The summed E-state index contributed by atoms with van der Waals surface area (Å²) in [7, 11) is 1.33. The molecule has 2 N–H and O–H groups in total. The van der Waals surface area contributed by atoms with Crippen LogP contribution in [0.1, 0.15) is 16.7 Å². The van der Waals surface area contributed by atoms with Crippen molar-refractivity contribution >= 4 is 16.9 Å². The van der Waals surface area contributed by atoms with Gasteiger partial charge in [0.2, 0.25) is 0 Å². The predicted octanol–water partition coefficient (Wildman–Crippen LogP) is 4.44. The quantitative estimate of drug-likeness (QED) is 0.386. The molecule has 0 bridgehead atoms. The number of pyridine rings is 1. The van der Waals surface area contributed by atoms with Crippen LogP contribution in [0.2, 0.25) is 0 Å². The Hall–Kier alpha value is -3.90. The topological polar surface area (TPSA) is 83.7 Å². The second-order valence-corrected chi connectivity index (χ2v) is 7.64. The molecule has 6 nitrogen and oxygen atoms in total. The summed E-state index contributed by atoms with van der Waals surface area (Å²) < 4.78 is 17.3. The molecule has 0 radical (unpaired) electrons. The minimum Gasteiger partial charge on any atom is -0.485 e. The van der Waals surface area contributed by atoms with Crippen LogP contribution in [0.5, 0.6) is 11.5 Å². The average Bonchev–Trinajstić information content (AvgIpc) is 2.87. The van der Waals surface area contributed by atoms with Gasteiger partial charge in [-0.2, -0.15) is 0 Å². The largest absolute Gasteiger partial charge is 0.485 e. The molecule has 1 atom stereocenters. The number of methoxy groups -OCH3 is 1. The van der Waals surface area contributed by atoms with E-state index >= 15 is 0 Å². The van der Waals surface area contributed by atoms with E-state index in [1.165, 1.54) is 7.11 Å². The Bertz CT molecular complexity index is 1210. The molecule has 0 spiro atoms. The monoisotopic (exact) mass is 442 g/mol. The van der Waals surface area contributed by atoms with Gasteiger partial charge in [-0.15, -0.1) is 0 Å². The minimum absolute atomic E-state index is 0.287. The maximum Gasteiger partial charge on any atom is 0.322 e. The second kappa shape index (κ2) is 10.6. The molecule has 0 unspecified atom stereocenters. The smallest absolute Gasteiger partial charge is 0.322 e. The van der Waals surface area contributed by atoms with E-state index in [-0.39, 0.29) is 6.42 Å². The van der Waals surface area contributed by atoms with Gasteiger partial charge < -0.3 is 19.9 Å². The summed E-state index contributed by atoms with van der Waals surface area (Å²) in [5.74, 6) is 0.636. The summed E-state index contributed by atoms with van der Waals surface area (Å²) in [6.07, 6.45) is 2.00. The molecule has 0 amide bonds. The van der Waals surface area contributed by atoms with Crippen molar-refractivity contribution in [2.45, 2.75) is 25.7 Å². The van der Waals surface area contributed by atoms with Crippen LogP contribution in [0.25, 0.3) is 10.9 Å². The third kappa shape index (κ3) is 5.48. The number of benzene rings is 3. The molecule has 6 heteroatoms. The fraction of sp³-hybridized carbons (Fsp3) is 0.185. The Kier molecular flexibility index (Phi) is 7.17. The molecule has 33 heavy (non-hydrogen) atoms. The Balaban J connectivity index is 1.73. The van der Waals surface area contributed by atoms with Crippen LogP contribution in [0.4, 0.5) is 0 Å². The van der Waals surface area contributed by atoms with E-state index in [2.05, 4.69) is 4.98 Å². The van der Waals surface area contributed by atoms with Gasteiger partial charge in [0.05, 0.1) is 7.11 Å². The van der Waals surface area contributed by atoms with Crippen LogP contribution in [0.15, 0.2) is 85.1 Å². The van der Waals surface area contributed by atoms with Crippen molar-refractivity contribution in [1.82, 2.24) is 4.98 Å². The van der Waals surface area contributed by atoms with Crippen molar-refractivity contribution in [3.63, 3.8) is 0 Å². The van der Waals surface area contributed by atoms with Crippen molar-refractivity contribution in [2.24, 2.45) is 5.73 Å². The number of carbonyl (C=O) groups excluding carboxylic acids is 1. The maximum absolute atomic E-state index is 12.0. The molecule has 4 rings (SSSR count). The number of hydrogen-bond acceptors (Lipinski definition) is 6. The highest BCUT2D eigenvalue weighted by Gasteiger charge is 2.21. The van der Waals surface area contributed by atoms with Crippen LogP contribution in [0, 0.1) is 0 Å². The summed E-state index contributed by atoms with van der Waals surface area (Å²) in [4.78, 5) is 16.5. The fourth-order valence-electron chi connectivity index (χ4n) is 3.62. The molecule has 168 valence electrons. The standard InChI is InChI=1S/C27H26N2O4/c1-31-27(30)23(28)15-21-16-24(32-17-19-9-4-2-5-10-19)26(25-22(21)13-8-14-29-25)33-18-20-11-6-3-7-12-20/h2-14,16,23H,15,17-18,28H2,1H3/t23-/m0/s1. The molecule has 1 heterocycles. The molecule has 0 aliphatic heterocycles. The van der Waals surface area contributed by atoms with Crippen LogP contribution < -0.4 is 15.2 Å². The average molecular weight is 443 g/mol. The molecule has 0 saturated heterocycles. The van der Waals surface area contributed by atoms with Crippen molar-refractivity contribution in [2.75, 3.05) is 7.11 Å². The number of rotatable bonds is 9. The van der Waals surface area contributed by atoms with Gasteiger partial charge in [0.1, 0.15) is 24.8 Å². The summed E-state index contributed by atoms with van der Waals surface area (Å²) in [5, 5.41) is 0.854. The Morgan fingerprint density at radius 1 is 0.909 bits per heavy atom. The Labute approximate surface area is 192 Å². The SMILES string of the molecule is COC(=O)[C@@H](N)Cc1cc(OCc2ccccc2)c(OCc2ccccc2)c2ncccc12. The fourth-order valence-corrected chi connectivity index (χ4v) is 3.62. The van der Waals surface area contributed by atoms with Crippen molar-refractivity contribution in [3.05, 3.63) is 102 Å². The summed E-state index contributed by atoms with van der Waals surface area (Å²) in [6, 6.07) is 24.7. The molecular weight excluding hydrogens is 416 g/mol. The number of aromatic nitrogens is 1. The first-order valence-corrected chi connectivity index (χ1v) is 10.7. The van der Waals surface area contributed by atoms with Crippen LogP contribution >= 0.6 is 0 Å². The van der Waals surface area contributed by atoms with Crippen LogP contribution in [0.3, 0.4) is 0 Å². The number of ether oxygens (including phenoxy) is 3. The number of carbonyl (C=O) groups is 1. The van der Waals surface area contributed by atoms with E-state index in [0.717, 1.165) is 22.1 Å². The van der Waals surface area contributed by atoms with E-state index < -0.39 is 12.0 Å². The highest BCUT2D eigenvalue weighted by Crippen LogP contribution is 2.38. The molecule has 3 aromatic carbocycles. The lowest BCUT2D eigenvalue weighted by molar-refractivity contribution is -0.142. The van der Waals surface area contributed by atoms with E-state index in [1.807, 2.05) is 78.9 Å². The Morgan fingerprint density at radius 2 is 1.55 bits per heavy atom. The molecule has 0 fully saturated rings. The molecular formula is C27H26N2O4. The normalized spacial score (nSPS) is 11.7. The lowest BCUT2D eigenvalue weighted by Gasteiger charge is -2.18. The van der Waals surface area contributed by atoms with Crippen LogP contribution in [-0.4, -0.2) is 24.1 Å². The van der Waals surface area contributed by atoms with Gasteiger partial charge in [-0.1, -0.05) is 66.7 Å². The molecule has 0 aliphatic rings. The van der Waals surface area contributed by atoms with Gasteiger partial charge in [0.25, 0.3) is 0 Å². The minimum atomic E-state index is -0.795. The van der Waals surface area contributed by atoms with Crippen LogP contribution in [-0.2, 0) is 29.2 Å². The number of esters is 1. The first-order valence-electron chi connectivity index (χ1n) is 10.7. The van der Waals surface area contributed by atoms with E-state index in [4.69, 9.17) is 19.9 Å². The first-order chi connectivity index (χ1) is 16.2. The lowest BCUT2D eigenvalue weighted by Crippen LogP contribution is -2.33. The third-order valence-corrected chi connectivity index (χ3v) is 5.30. The third-order valence-electron chi connectivity index (χ3n) is 5.30. The number of fused-ring (bicyclic) bond motifs is 1. The second-order valence-electron chi connectivity index (χ2n) is 7.64. The molecule has 4 aromatic rings. The van der Waals surface area contributed by atoms with Gasteiger partial charge in [0.15, 0.2) is 11.5 Å². The lowest BCUT2D eigenvalue weighted by atomic mass is 10.00. The van der Waals surface area contributed by atoms with Gasteiger partial charge in [-0.25, -0.2) is 0 Å². The zero-order valence-corrected chi connectivity index (χ0v) is 18.4. The summed E-state index contributed by atoms with van der Waals surface area (Å²) in [5.41, 5.74) is 9.63. The van der Waals surface area contributed by atoms with Gasteiger partial charge >= 0.3 is 5.97 Å². The van der Waals surface area contributed by atoms with Crippen molar-refractivity contribution < 1.29 is 19.0 Å². The van der Waals surface area contributed by atoms with Gasteiger partial charge in [-0.3, -0.25) is 9.78 Å². The number of nitrogens with two attached hydrogens (primary N) is 1. The summed E-state index contributed by atoms with van der Waals surface area (Å²) in [6.45, 7) is 0.735. The molecule has 0 saturated carbocycles. The zero-order valence-electron chi connectivity index (χ0n) is 18.4. The maximum atomic E-state index is 12.0. The molecule has 0 aliphatic carbocycles. The van der Waals surface area contributed by atoms with E-state index in [0.29, 0.717) is 30.2 Å². The first kappa shape index (κ1) is 22.3. The highest BCUT2D eigenvalue weighted by atomic mass is 16.5. The van der Waals surface area contributed by atoms with E-state index in [1.54, 1.807) is 6.20 Å². The predicted molar refractivity (Wildman–Crippen MR) is 127 cm³/mol.